The van der Waals surface area contributed by atoms with Crippen LogP contribution in [0, 0.1) is 17.0 Å². The molecule has 132 valence electrons. The Morgan fingerprint density at radius 1 is 1.27 bits per heavy atom. The molecule has 0 bridgehead atoms. The van der Waals surface area contributed by atoms with Crippen molar-refractivity contribution in [3.63, 3.8) is 0 Å². The smallest absolute Gasteiger partial charge is 0.269 e. The normalized spacial score (nSPS) is 18.4. The second-order valence-electron chi connectivity index (χ2n) is 5.79. The summed E-state index contributed by atoms with van der Waals surface area (Å²) in [7, 11) is 0. The lowest BCUT2D eigenvalue weighted by Gasteiger charge is -2.05. The van der Waals surface area contributed by atoms with Gasteiger partial charge in [-0.25, -0.2) is 0 Å². The minimum absolute atomic E-state index is 0.0195. The zero-order chi connectivity index (χ0) is 18.5. The first kappa shape index (κ1) is 17.8. The van der Waals surface area contributed by atoms with Crippen LogP contribution in [0.5, 0.6) is 0 Å². The molecule has 2 aromatic carbocycles. The van der Waals surface area contributed by atoms with Gasteiger partial charge in [0.2, 0.25) is 5.91 Å². The van der Waals surface area contributed by atoms with Crippen LogP contribution in [0.3, 0.4) is 0 Å². The molecule has 0 spiro atoms. The van der Waals surface area contributed by atoms with Crippen LogP contribution in [0.4, 0.5) is 5.69 Å². The fourth-order valence-electron chi connectivity index (χ4n) is 2.47. The molecule has 1 atom stereocenters. The number of amidine groups is 1. The van der Waals surface area contributed by atoms with E-state index in [-0.39, 0.29) is 16.8 Å². The van der Waals surface area contributed by atoms with E-state index in [1.807, 2.05) is 25.1 Å². The molecule has 1 amide bonds. The number of rotatable bonds is 5. The van der Waals surface area contributed by atoms with Gasteiger partial charge in [-0.15, -0.1) is 5.10 Å². The van der Waals surface area contributed by atoms with Crippen molar-refractivity contribution in [2.45, 2.75) is 18.6 Å². The average Bonchev–Trinajstić information content (AvgIpc) is 2.95. The summed E-state index contributed by atoms with van der Waals surface area (Å²) in [5.74, 6) is -0.0826. The highest BCUT2D eigenvalue weighted by atomic mass is 32.2. The zero-order valence-corrected chi connectivity index (χ0v) is 14.8. The summed E-state index contributed by atoms with van der Waals surface area (Å²) in [5.41, 5.74) is 2.97. The Balaban J connectivity index is 1.61. The second kappa shape index (κ2) is 7.92. The third-order valence-electron chi connectivity index (χ3n) is 3.74. The van der Waals surface area contributed by atoms with Crippen molar-refractivity contribution < 1.29 is 9.72 Å². The third kappa shape index (κ3) is 4.54. The molecular formula is C18H16N4O3S. The van der Waals surface area contributed by atoms with Crippen molar-refractivity contribution in [2.75, 3.05) is 0 Å². The van der Waals surface area contributed by atoms with Crippen LogP contribution in [0.2, 0.25) is 0 Å². The number of thioether (sulfide) groups is 1. The highest BCUT2D eigenvalue weighted by molar-refractivity contribution is 8.15. The molecule has 3 rings (SSSR count). The first-order valence-corrected chi connectivity index (χ1v) is 8.78. The lowest BCUT2D eigenvalue weighted by atomic mass is 10.1. The minimum atomic E-state index is -0.458. The number of non-ortho nitro benzene ring substituents is 1. The van der Waals surface area contributed by atoms with Gasteiger partial charge in [-0.1, -0.05) is 41.6 Å². The van der Waals surface area contributed by atoms with Crippen LogP contribution in [-0.2, 0) is 11.2 Å². The molecule has 7 nitrogen and oxygen atoms in total. The van der Waals surface area contributed by atoms with Crippen LogP contribution in [0.25, 0.3) is 0 Å². The lowest BCUT2D eigenvalue weighted by molar-refractivity contribution is -0.384. The Kier molecular flexibility index (Phi) is 5.43. The molecule has 0 saturated carbocycles. The summed E-state index contributed by atoms with van der Waals surface area (Å²) in [6, 6.07) is 14.0. The Morgan fingerprint density at radius 3 is 2.73 bits per heavy atom. The number of nitro benzene ring substituents is 1. The molecule has 0 aromatic heterocycles. The van der Waals surface area contributed by atoms with Crippen molar-refractivity contribution in [1.82, 2.24) is 5.32 Å². The summed E-state index contributed by atoms with van der Waals surface area (Å²) in [6.07, 6.45) is 2.11. The number of nitro groups is 1. The summed E-state index contributed by atoms with van der Waals surface area (Å²) in [6.45, 7) is 2.02. The molecule has 1 heterocycles. The molecule has 2 aromatic rings. The fraction of sp³-hybridized carbons (Fsp3) is 0.167. The molecular weight excluding hydrogens is 352 g/mol. The van der Waals surface area contributed by atoms with Gasteiger partial charge in [0.15, 0.2) is 5.17 Å². The molecule has 1 fully saturated rings. The standard InChI is InChI=1S/C18H16N4O3S/c1-12-3-2-4-14(9-12)10-16-17(23)20-18(26-16)21-19-11-13-5-7-15(8-6-13)22(24)25/h2-9,11,16H,10H2,1H3,(H,20,21,23)/b19-11-/t16-/m1/s1. The Bertz CT molecular complexity index is 894. The van der Waals surface area contributed by atoms with Gasteiger partial charge < -0.3 is 5.32 Å². The van der Waals surface area contributed by atoms with Gasteiger partial charge in [0.05, 0.1) is 16.4 Å². The molecule has 0 unspecified atom stereocenters. The summed E-state index contributed by atoms with van der Waals surface area (Å²) >= 11 is 1.35. The number of nitrogens with one attached hydrogen (secondary N) is 1. The SMILES string of the molecule is Cc1cccc(C[C@H]2S/C(=N/N=C\c3ccc([N+](=O)[O-])cc3)NC2=O)c1. The van der Waals surface area contributed by atoms with Crippen molar-refractivity contribution >= 4 is 34.7 Å². The van der Waals surface area contributed by atoms with Gasteiger partial charge in [-0.05, 0) is 36.6 Å². The number of hydrogen-bond acceptors (Lipinski definition) is 6. The predicted molar refractivity (Wildman–Crippen MR) is 103 cm³/mol. The molecule has 1 saturated heterocycles. The largest absolute Gasteiger partial charge is 0.303 e. The summed E-state index contributed by atoms with van der Waals surface area (Å²) < 4.78 is 0. The van der Waals surface area contributed by atoms with Gasteiger partial charge in [0, 0.05) is 12.1 Å². The van der Waals surface area contributed by atoms with Gasteiger partial charge >= 0.3 is 0 Å². The summed E-state index contributed by atoms with van der Waals surface area (Å²) in [4.78, 5) is 22.2. The van der Waals surface area contributed by atoms with E-state index in [1.54, 1.807) is 12.1 Å². The quantitative estimate of drug-likeness (QED) is 0.498. The van der Waals surface area contributed by atoms with Crippen molar-refractivity contribution in [3.8, 4) is 0 Å². The van der Waals surface area contributed by atoms with Crippen molar-refractivity contribution in [3.05, 3.63) is 75.3 Å². The fourth-order valence-corrected chi connectivity index (χ4v) is 3.43. The molecule has 26 heavy (non-hydrogen) atoms. The zero-order valence-electron chi connectivity index (χ0n) is 14.0. The van der Waals surface area contributed by atoms with E-state index < -0.39 is 4.92 Å². The Labute approximate surface area is 154 Å². The second-order valence-corrected chi connectivity index (χ2v) is 6.98. The average molecular weight is 368 g/mol. The maximum Gasteiger partial charge on any atom is 0.269 e. The first-order chi connectivity index (χ1) is 12.5. The number of carbonyl (C=O) groups is 1. The van der Waals surface area contributed by atoms with E-state index in [9.17, 15) is 14.9 Å². The first-order valence-electron chi connectivity index (χ1n) is 7.90. The van der Waals surface area contributed by atoms with E-state index in [1.165, 1.54) is 30.1 Å². The maximum absolute atomic E-state index is 12.1. The van der Waals surface area contributed by atoms with Crippen LogP contribution >= 0.6 is 11.8 Å². The number of hydrogen-bond donors (Lipinski definition) is 1. The van der Waals surface area contributed by atoms with Crippen LogP contribution in [0.1, 0.15) is 16.7 Å². The Morgan fingerprint density at radius 2 is 2.04 bits per heavy atom. The highest BCUT2D eigenvalue weighted by Gasteiger charge is 2.30. The molecule has 1 aliphatic rings. The van der Waals surface area contributed by atoms with E-state index in [0.717, 1.165) is 11.1 Å². The van der Waals surface area contributed by atoms with E-state index in [4.69, 9.17) is 0 Å². The van der Waals surface area contributed by atoms with Crippen molar-refractivity contribution in [1.29, 1.82) is 0 Å². The Hall–Kier alpha value is -3.00. The van der Waals surface area contributed by atoms with Gasteiger partial charge in [0.1, 0.15) is 0 Å². The molecule has 1 N–H and O–H groups in total. The van der Waals surface area contributed by atoms with Gasteiger partial charge in [0.25, 0.3) is 5.69 Å². The number of carbonyl (C=O) groups excluding carboxylic acids is 1. The van der Waals surface area contributed by atoms with Gasteiger partial charge in [-0.3, -0.25) is 14.9 Å². The maximum atomic E-state index is 12.1. The number of aryl methyl sites for hydroxylation is 1. The molecule has 0 aliphatic carbocycles. The van der Waals surface area contributed by atoms with E-state index >= 15 is 0 Å². The third-order valence-corrected chi connectivity index (χ3v) is 4.81. The predicted octanol–water partition coefficient (Wildman–Crippen LogP) is 3.07. The van der Waals surface area contributed by atoms with Crippen LogP contribution in [-0.4, -0.2) is 27.5 Å². The van der Waals surface area contributed by atoms with Crippen LogP contribution < -0.4 is 5.32 Å². The minimum Gasteiger partial charge on any atom is -0.303 e. The number of nitrogens with zero attached hydrogens (tertiary/aromatic N) is 3. The number of amides is 1. The molecule has 8 heteroatoms. The van der Waals surface area contributed by atoms with E-state index in [0.29, 0.717) is 17.2 Å². The van der Waals surface area contributed by atoms with Crippen LogP contribution in [0.15, 0.2) is 58.7 Å². The lowest BCUT2D eigenvalue weighted by Crippen LogP contribution is -2.25. The van der Waals surface area contributed by atoms with Gasteiger partial charge in [-0.2, -0.15) is 5.10 Å². The molecule has 1 aliphatic heterocycles. The topological polar surface area (TPSA) is 97.0 Å². The van der Waals surface area contributed by atoms with Crippen molar-refractivity contribution in [2.24, 2.45) is 10.2 Å². The number of benzene rings is 2. The molecule has 0 radical (unpaired) electrons. The summed E-state index contributed by atoms with van der Waals surface area (Å²) in [5, 5.41) is 21.5. The van der Waals surface area contributed by atoms with E-state index in [2.05, 4.69) is 21.6 Å². The highest BCUT2D eigenvalue weighted by Crippen LogP contribution is 2.23. The monoisotopic (exact) mass is 368 g/mol.